The van der Waals surface area contributed by atoms with Crippen LogP contribution in [0.3, 0.4) is 0 Å². The van der Waals surface area contributed by atoms with E-state index in [2.05, 4.69) is 26.2 Å². The summed E-state index contributed by atoms with van der Waals surface area (Å²) >= 11 is 4.71. The van der Waals surface area contributed by atoms with Crippen LogP contribution in [0.2, 0.25) is 0 Å². The van der Waals surface area contributed by atoms with Gasteiger partial charge in [0.05, 0.1) is 11.2 Å². The number of nitrogens with zero attached hydrogens (tertiary/aromatic N) is 2. The van der Waals surface area contributed by atoms with Gasteiger partial charge < -0.3 is 10.2 Å². The van der Waals surface area contributed by atoms with E-state index < -0.39 is 0 Å². The molecule has 0 saturated heterocycles. The summed E-state index contributed by atoms with van der Waals surface area (Å²) in [7, 11) is 1.76. The largest absolute Gasteiger partial charge is 0.342 e. The Morgan fingerprint density at radius 1 is 1.30 bits per heavy atom. The van der Waals surface area contributed by atoms with Gasteiger partial charge in [0.15, 0.2) is 5.13 Å². The van der Waals surface area contributed by atoms with Crippen LogP contribution >= 0.6 is 27.3 Å². The van der Waals surface area contributed by atoms with Gasteiger partial charge in [-0.1, -0.05) is 33.3 Å². The lowest BCUT2D eigenvalue weighted by molar-refractivity contribution is -0.114. The topological polar surface area (TPSA) is 45.2 Å². The lowest BCUT2D eigenvalue weighted by Crippen LogP contribution is -2.29. The average Bonchev–Trinajstić information content (AvgIpc) is 2.95. The molecule has 23 heavy (non-hydrogen) atoms. The molecular weight excluding hydrogens is 381 g/mol. The molecule has 0 bridgehead atoms. The molecule has 2 aromatic carbocycles. The molecule has 0 aliphatic rings. The number of halogens is 2. The van der Waals surface area contributed by atoms with Crippen LogP contribution in [0.4, 0.5) is 15.2 Å². The quantitative estimate of drug-likeness (QED) is 0.719. The van der Waals surface area contributed by atoms with Crippen molar-refractivity contribution in [3.05, 3.63) is 52.8 Å². The Kier molecular flexibility index (Phi) is 4.58. The minimum absolute atomic E-state index is 0.136. The third kappa shape index (κ3) is 3.68. The summed E-state index contributed by atoms with van der Waals surface area (Å²) in [5.74, 6) is -0.507. The van der Waals surface area contributed by atoms with Gasteiger partial charge in [-0.25, -0.2) is 9.37 Å². The summed E-state index contributed by atoms with van der Waals surface area (Å²) < 4.78 is 15.4. The Hall–Kier alpha value is -1.99. The van der Waals surface area contributed by atoms with Gasteiger partial charge in [-0.3, -0.25) is 4.79 Å². The maximum atomic E-state index is 13.7. The van der Waals surface area contributed by atoms with Gasteiger partial charge in [-0.05, 0) is 36.4 Å². The molecule has 0 radical (unpaired) electrons. The molecule has 1 heterocycles. The molecule has 118 valence electrons. The van der Waals surface area contributed by atoms with Gasteiger partial charge >= 0.3 is 0 Å². The second kappa shape index (κ2) is 6.64. The molecule has 0 saturated carbocycles. The van der Waals surface area contributed by atoms with Gasteiger partial charge in [0.2, 0.25) is 5.91 Å². The molecule has 0 aliphatic heterocycles. The first-order valence-electron chi connectivity index (χ1n) is 6.84. The van der Waals surface area contributed by atoms with Gasteiger partial charge in [-0.2, -0.15) is 0 Å². The standard InChI is InChI=1S/C16H13BrFN3OS/c1-21(9-14(22)19-11-7-5-10(17)6-8-11)16-20-15-12(18)3-2-4-13(15)23-16/h2-8H,9H2,1H3,(H,19,22). The zero-order valence-electron chi connectivity index (χ0n) is 12.2. The first-order chi connectivity index (χ1) is 11.0. The monoisotopic (exact) mass is 393 g/mol. The molecule has 0 aliphatic carbocycles. The van der Waals surface area contributed by atoms with Gasteiger partial charge in [0.1, 0.15) is 11.3 Å². The van der Waals surface area contributed by atoms with E-state index in [4.69, 9.17) is 0 Å². The number of nitrogens with one attached hydrogen (secondary N) is 1. The predicted molar refractivity (Wildman–Crippen MR) is 95.6 cm³/mol. The third-order valence-electron chi connectivity index (χ3n) is 3.19. The van der Waals surface area contributed by atoms with E-state index in [0.29, 0.717) is 10.6 Å². The highest BCUT2D eigenvalue weighted by Gasteiger charge is 2.14. The number of thiazole rings is 1. The summed E-state index contributed by atoms with van der Waals surface area (Å²) in [6.45, 7) is 0.136. The van der Waals surface area contributed by atoms with Crippen molar-refractivity contribution in [1.82, 2.24) is 4.98 Å². The molecule has 4 nitrogen and oxygen atoms in total. The maximum Gasteiger partial charge on any atom is 0.243 e. The molecule has 3 rings (SSSR count). The van der Waals surface area contributed by atoms with Crippen molar-refractivity contribution in [3.63, 3.8) is 0 Å². The summed E-state index contributed by atoms with van der Waals surface area (Å²) in [6.07, 6.45) is 0. The van der Waals surface area contributed by atoms with Crippen molar-refractivity contribution in [1.29, 1.82) is 0 Å². The molecule has 1 N–H and O–H groups in total. The third-order valence-corrected chi connectivity index (χ3v) is 4.86. The maximum absolute atomic E-state index is 13.7. The Morgan fingerprint density at radius 2 is 2.04 bits per heavy atom. The second-order valence-electron chi connectivity index (χ2n) is 4.99. The Bertz CT molecular complexity index is 850. The van der Waals surface area contributed by atoms with Gasteiger partial charge in [0.25, 0.3) is 0 Å². The molecule has 0 unspecified atom stereocenters. The first kappa shape index (κ1) is 15.9. The Balaban J connectivity index is 1.69. The van der Waals surface area contributed by atoms with Crippen molar-refractivity contribution in [2.75, 3.05) is 23.8 Å². The van der Waals surface area contributed by atoms with Crippen molar-refractivity contribution in [3.8, 4) is 0 Å². The van der Waals surface area contributed by atoms with E-state index in [9.17, 15) is 9.18 Å². The second-order valence-corrected chi connectivity index (χ2v) is 6.92. The van der Waals surface area contributed by atoms with Crippen LogP contribution in [0.15, 0.2) is 46.9 Å². The SMILES string of the molecule is CN(CC(=O)Nc1ccc(Br)cc1)c1nc2c(F)cccc2s1. The molecule has 0 atom stereocenters. The number of carbonyl (C=O) groups excluding carboxylic acids is 1. The molecule has 0 spiro atoms. The highest BCUT2D eigenvalue weighted by molar-refractivity contribution is 9.10. The summed E-state index contributed by atoms with van der Waals surface area (Å²) in [5.41, 5.74) is 1.06. The number of rotatable bonds is 4. The summed E-state index contributed by atoms with van der Waals surface area (Å²) in [5, 5.41) is 3.42. The van der Waals surface area contributed by atoms with Crippen molar-refractivity contribution in [2.45, 2.75) is 0 Å². The lowest BCUT2D eigenvalue weighted by atomic mass is 10.3. The number of aromatic nitrogens is 1. The average molecular weight is 394 g/mol. The number of hydrogen-bond acceptors (Lipinski definition) is 4. The minimum atomic E-state index is -0.349. The van der Waals surface area contributed by atoms with Gasteiger partial charge in [-0.15, -0.1) is 0 Å². The summed E-state index contributed by atoms with van der Waals surface area (Å²) in [6, 6.07) is 12.2. The Morgan fingerprint density at radius 3 is 2.74 bits per heavy atom. The van der Waals surface area contributed by atoms with Crippen LogP contribution in [-0.4, -0.2) is 24.5 Å². The molecular formula is C16H13BrFN3OS. The van der Waals surface area contributed by atoms with E-state index in [0.717, 1.165) is 14.9 Å². The van der Waals surface area contributed by atoms with Crippen LogP contribution in [0.5, 0.6) is 0 Å². The minimum Gasteiger partial charge on any atom is -0.342 e. The predicted octanol–water partition coefficient (Wildman–Crippen LogP) is 4.27. The van der Waals surface area contributed by atoms with E-state index in [1.54, 1.807) is 18.0 Å². The molecule has 7 heteroatoms. The Labute approximate surface area is 145 Å². The zero-order chi connectivity index (χ0) is 16.4. The van der Waals surface area contributed by atoms with E-state index in [-0.39, 0.29) is 18.3 Å². The van der Waals surface area contributed by atoms with E-state index >= 15 is 0 Å². The fourth-order valence-electron chi connectivity index (χ4n) is 2.08. The number of benzene rings is 2. The number of anilines is 2. The number of carbonyl (C=O) groups is 1. The fraction of sp³-hybridized carbons (Fsp3) is 0.125. The summed E-state index contributed by atoms with van der Waals surface area (Å²) in [4.78, 5) is 18.1. The zero-order valence-corrected chi connectivity index (χ0v) is 14.6. The number of amides is 1. The van der Waals surface area contributed by atoms with Crippen LogP contribution in [0.25, 0.3) is 10.2 Å². The highest BCUT2D eigenvalue weighted by Crippen LogP contribution is 2.29. The van der Waals surface area contributed by atoms with Crippen LogP contribution in [0, 0.1) is 5.82 Å². The van der Waals surface area contributed by atoms with Crippen LogP contribution in [-0.2, 0) is 4.79 Å². The van der Waals surface area contributed by atoms with Crippen molar-refractivity contribution in [2.24, 2.45) is 0 Å². The van der Waals surface area contributed by atoms with Crippen LogP contribution in [0.1, 0.15) is 0 Å². The molecule has 0 fully saturated rings. The fourth-order valence-corrected chi connectivity index (χ4v) is 3.29. The van der Waals surface area contributed by atoms with Crippen molar-refractivity contribution >= 4 is 54.2 Å². The van der Waals surface area contributed by atoms with E-state index in [1.807, 2.05) is 30.3 Å². The first-order valence-corrected chi connectivity index (χ1v) is 8.45. The molecule has 1 aromatic heterocycles. The normalized spacial score (nSPS) is 10.7. The number of para-hydroxylation sites is 1. The van der Waals surface area contributed by atoms with Crippen LogP contribution < -0.4 is 10.2 Å². The van der Waals surface area contributed by atoms with E-state index in [1.165, 1.54) is 17.4 Å². The number of hydrogen-bond donors (Lipinski definition) is 1. The molecule has 3 aromatic rings. The molecule has 1 amide bonds. The van der Waals surface area contributed by atoms with Gasteiger partial charge in [0, 0.05) is 17.2 Å². The number of fused-ring (bicyclic) bond motifs is 1. The van der Waals surface area contributed by atoms with Crippen molar-refractivity contribution < 1.29 is 9.18 Å². The number of likely N-dealkylation sites (N-methyl/N-ethyl adjacent to an activating group) is 1. The highest BCUT2D eigenvalue weighted by atomic mass is 79.9. The lowest BCUT2D eigenvalue weighted by Gasteiger charge is -2.15. The smallest absolute Gasteiger partial charge is 0.243 e.